The summed E-state index contributed by atoms with van der Waals surface area (Å²) in [6.45, 7) is 6.15. The number of allylic oxidation sites excluding steroid dienone is 4. The predicted octanol–water partition coefficient (Wildman–Crippen LogP) is 3.37. The molecule has 1 aliphatic carbocycles. The molecule has 0 spiro atoms. The maximum absolute atomic E-state index is 12.2. The third kappa shape index (κ3) is 4.51. The van der Waals surface area contributed by atoms with Crippen LogP contribution in [0.1, 0.15) is 40.0 Å². The van der Waals surface area contributed by atoms with Gasteiger partial charge in [-0.3, -0.25) is 4.79 Å². The highest BCUT2D eigenvalue weighted by Crippen LogP contribution is 2.18. The van der Waals surface area contributed by atoms with Gasteiger partial charge in [0.2, 0.25) is 0 Å². The van der Waals surface area contributed by atoms with E-state index in [2.05, 4.69) is 6.92 Å². The molecule has 1 atom stereocenters. The molecule has 0 saturated heterocycles. The average Bonchev–Trinajstić information content (AvgIpc) is 2.64. The number of carbonyl (C=O) groups excluding carboxylic acids is 2. The lowest BCUT2D eigenvalue weighted by molar-refractivity contribution is -0.138. The van der Waals surface area contributed by atoms with E-state index in [4.69, 9.17) is 4.74 Å². The monoisotopic (exact) mass is 262 g/mol. The molecular weight excluding hydrogens is 240 g/mol. The zero-order chi connectivity index (χ0) is 14.3. The number of carbonyl (C=O) groups is 2. The van der Waals surface area contributed by atoms with Crippen LogP contribution in [0.4, 0.5) is 0 Å². The summed E-state index contributed by atoms with van der Waals surface area (Å²) < 4.78 is 4.95. The second-order valence-electron chi connectivity index (χ2n) is 4.66. The Hall–Kier alpha value is -1.64. The number of ketones is 1. The van der Waals surface area contributed by atoms with Crippen LogP contribution in [0.5, 0.6) is 0 Å². The Morgan fingerprint density at radius 1 is 1.21 bits per heavy atom. The van der Waals surface area contributed by atoms with Gasteiger partial charge in [0.1, 0.15) is 0 Å². The minimum absolute atomic E-state index is 0.0324. The molecule has 0 amide bonds. The fourth-order valence-electron chi connectivity index (χ4n) is 2.03. The topological polar surface area (TPSA) is 43.4 Å². The number of esters is 1. The first-order valence-electron chi connectivity index (χ1n) is 6.89. The van der Waals surface area contributed by atoms with E-state index in [1.807, 2.05) is 13.0 Å². The maximum atomic E-state index is 12.2. The lowest BCUT2D eigenvalue weighted by Crippen LogP contribution is -2.12. The first kappa shape index (κ1) is 15.4. The molecule has 0 aromatic carbocycles. The second kappa shape index (κ2) is 7.72. The first-order valence-corrected chi connectivity index (χ1v) is 6.89. The van der Waals surface area contributed by atoms with E-state index in [0.29, 0.717) is 24.2 Å². The molecule has 0 aromatic rings. The third-order valence-corrected chi connectivity index (χ3v) is 3.08. The Bertz CT molecular complexity index is 427. The number of Topliss-reactive ketones (excluding diaryl/α,β-unsaturated/α-hetero) is 1. The number of ether oxygens (including phenoxy) is 1. The van der Waals surface area contributed by atoms with Crippen molar-refractivity contribution in [2.24, 2.45) is 5.92 Å². The molecule has 3 nitrogen and oxygen atoms in total. The summed E-state index contributed by atoms with van der Waals surface area (Å²) in [5.41, 5.74) is 1.21. The van der Waals surface area contributed by atoms with Crippen molar-refractivity contribution in [3.63, 3.8) is 0 Å². The van der Waals surface area contributed by atoms with E-state index < -0.39 is 0 Å². The highest BCUT2D eigenvalue weighted by atomic mass is 16.5. The van der Waals surface area contributed by atoms with Gasteiger partial charge in [-0.2, -0.15) is 0 Å². The van der Waals surface area contributed by atoms with Crippen molar-refractivity contribution in [3.05, 3.63) is 35.5 Å². The highest BCUT2D eigenvalue weighted by molar-refractivity contribution is 6.00. The molecule has 0 aliphatic heterocycles. The molecular formula is C16H22O3. The molecule has 0 aromatic heterocycles. The first-order chi connectivity index (χ1) is 9.10. The molecule has 1 unspecified atom stereocenters. The zero-order valence-corrected chi connectivity index (χ0v) is 11.9. The summed E-state index contributed by atoms with van der Waals surface area (Å²) in [7, 11) is 0. The average molecular weight is 262 g/mol. The van der Waals surface area contributed by atoms with Gasteiger partial charge >= 0.3 is 5.97 Å². The molecule has 104 valence electrons. The van der Waals surface area contributed by atoms with Crippen molar-refractivity contribution < 1.29 is 14.3 Å². The van der Waals surface area contributed by atoms with Crippen molar-refractivity contribution in [1.82, 2.24) is 0 Å². The molecule has 1 aliphatic rings. The molecule has 1 rings (SSSR count). The SMILES string of the molecule is CCCC(C)C(=O)C1=CCC=C(C(=O)OCC)C=C1. The quantitative estimate of drug-likeness (QED) is 0.689. The molecule has 19 heavy (non-hydrogen) atoms. The van der Waals surface area contributed by atoms with Gasteiger partial charge in [0.15, 0.2) is 5.78 Å². The summed E-state index contributed by atoms with van der Waals surface area (Å²) in [6, 6.07) is 0. The molecule has 3 heteroatoms. The second-order valence-corrected chi connectivity index (χ2v) is 4.66. The zero-order valence-electron chi connectivity index (χ0n) is 11.9. The lowest BCUT2D eigenvalue weighted by atomic mass is 9.94. The van der Waals surface area contributed by atoms with Gasteiger partial charge in [0, 0.05) is 11.5 Å². The van der Waals surface area contributed by atoms with Crippen LogP contribution in [0.25, 0.3) is 0 Å². The summed E-state index contributed by atoms with van der Waals surface area (Å²) in [4.78, 5) is 23.8. The Kier molecular flexibility index (Phi) is 6.26. The molecule has 0 radical (unpaired) electrons. The van der Waals surface area contributed by atoms with Gasteiger partial charge in [-0.05, 0) is 25.8 Å². The normalized spacial score (nSPS) is 16.2. The predicted molar refractivity (Wildman–Crippen MR) is 75.6 cm³/mol. The van der Waals surface area contributed by atoms with Crippen LogP contribution in [-0.2, 0) is 14.3 Å². The number of rotatable bonds is 6. The summed E-state index contributed by atoms with van der Waals surface area (Å²) >= 11 is 0. The van der Waals surface area contributed by atoms with Gasteiger partial charge in [-0.25, -0.2) is 4.79 Å². The highest BCUT2D eigenvalue weighted by Gasteiger charge is 2.17. The van der Waals surface area contributed by atoms with Crippen LogP contribution >= 0.6 is 0 Å². The fraction of sp³-hybridized carbons (Fsp3) is 0.500. The number of hydrogen-bond donors (Lipinski definition) is 0. The van der Waals surface area contributed by atoms with Crippen LogP contribution in [0.15, 0.2) is 35.5 Å². The largest absolute Gasteiger partial charge is 0.462 e. The van der Waals surface area contributed by atoms with Crippen LogP contribution in [-0.4, -0.2) is 18.4 Å². The van der Waals surface area contributed by atoms with E-state index in [-0.39, 0.29) is 17.7 Å². The van der Waals surface area contributed by atoms with Crippen LogP contribution in [0, 0.1) is 5.92 Å². The van der Waals surface area contributed by atoms with Gasteiger partial charge in [-0.1, -0.05) is 38.5 Å². The van der Waals surface area contributed by atoms with E-state index in [9.17, 15) is 9.59 Å². The van der Waals surface area contributed by atoms with Crippen LogP contribution in [0.3, 0.4) is 0 Å². The Morgan fingerprint density at radius 3 is 2.47 bits per heavy atom. The van der Waals surface area contributed by atoms with Crippen molar-refractivity contribution in [1.29, 1.82) is 0 Å². The lowest BCUT2D eigenvalue weighted by Gasteiger charge is -2.09. The van der Waals surface area contributed by atoms with Crippen molar-refractivity contribution >= 4 is 11.8 Å². The minimum Gasteiger partial charge on any atom is -0.462 e. The van der Waals surface area contributed by atoms with Gasteiger partial charge in [-0.15, -0.1) is 0 Å². The Morgan fingerprint density at radius 2 is 1.84 bits per heavy atom. The smallest absolute Gasteiger partial charge is 0.337 e. The molecule has 0 heterocycles. The van der Waals surface area contributed by atoms with E-state index in [1.54, 1.807) is 25.2 Å². The van der Waals surface area contributed by atoms with Crippen LogP contribution < -0.4 is 0 Å². The maximum Gasteiger partial charge on any atom is 0.337 e. The van der Waals surface area contributed by atoms with Crippen molar-refractivity contribution in [2.75, 3.05) is 6.61 Å². The third-order valence-electron chi connectivity index (χ3n) is 3.08. The van der Waals surface area contributed by atoms with Gasteiger partial charge in [0.05, 0.1) is 12.2 Å². The minimum atomic E-state index is -0.331. The summed E-state index contributed by atoms with van der Waals surface area (Å²) in [5, 5.41) is 0. The standard InChI is InChI=1S/C16H22O3/c1-4-7-12(3)15(17)13-8-6-9-14(11-10-13)16(18)19-5-2/h8-12H,4-7H2,1-3H3. The van der Waals surface area contributed by atoms with Gasteiger partial charge in [0.25, 0.3) is 0 Å². The summed E-state index contributed by atoms with van der Waals surface area (Å²) in [5.74, 6) is -0.149. The Labute approximate surface area is 115 Å². The van der Waals surface area contributed by atoms with Gasteiger partial charge < -0.3 is 4.74 Å². The van der Waals surface area contributed by atoms with E-state index >= 15 is 0 Å². The molecule has 0 fully saturated rings. The Balaban J connectivity index is 2.73. The van der Waals surface area contributed by atoms with Crippen LogP contribution in [0.2, 0.25) is 0 Å². The molecule has 0 N–H and O–H groups in total. The summed E-state index contributed by atoms with van der Waals surface area (Å²) in [6.07, 6.45) is 9.54. The van der Waals surface area contributed by atoms with E-state index in [1.165, 1.54) is 0 Å². The molecule has 0 saturated carbocycles. The molecule has 0 bridgehead atoms. The van der Waals surface area contributed by atoms with Crippen molar-refractivity contribution in [3.8, 4) is 0 Å². The van der Waals surface area contributed by atoms with Crippen molar-refractivity contribution in [2.45, 2.75) is 40.0 Å². The van der Waals surface area contributed by atoms with E-state index in [0.717, 1.165) is 12.8 Å². The fourth-order valence-corrected chi connectivity index (χ4v) is 2.03. The number of hydrogen-bond acceptors (Lipinski definition) is 3.